The minimum Gasteiger partial charge on any atom is -0.491 e. The van der Waals surface area contributed by atoms with Gasteiger partial charge in [-0.05, 0) is 122 Å². The molecule has 0 radical (unpaired) electrons. The second-order valence-electron chi connectivity index (χ2n) is 18.3. The molecule has 1 aromatic carbocycles. The van der Waals surface area contributed by atoms with Crippen molar-refractivity contribution in [1.82, 2.24) is 25.2 Å². The van der Waals surface area contributed by atoms with Gasteiger partial charge >= 0.3 is 6.09 Å². The maximum atomic E-state index is 14.8. The van der Waals surface area contributed by atoms with E-state index < -0.39 is 73.8 Å². The van der Waals surface area contributed by atoms with Crippen molar-refractivity contribution in [3.8, 4) is 22.9 Å². The number of fused-ring (bicyclic) bond motifs is 2. The van der Waals surface area contributed by atoms with Gasteiger partial charge in [0, 0.05) is 29.0 Å². The average molecular weight is 856 g/mol. The number of hydrogen-bond donors (Lipinski definition) is 3. The van der Waals surface area contributed by atoms with Crippen LogP contribution >= 0.6 is 11.6 Å². The number of carbonyl (C=O) groups excluding carboxylic acids is 4. The van der Waals surface area contributed by atoms with Gasteiger partial charge in [-0.2, -0.15) is 0 Å². The molecule has 2 aromatic rings. The SMILES string of the molecule is CC(C)Oc1ccc(-c2cc(Cl)cc(O[C@@H]3C[C@H]4C(=O)N[C@]5(C(=O)NS(=O)(=O)C6(C)CC6)C[C@H]5/C=C\CC[C@@H](C)C[C@@H](C)[C@H](NC(=O)OC(C)(C)C)C(=O)N4C3)n2)cc1. The first-order valence-electron chi connectivity index (χ1n) is 20.5. The molecule has 1 saturated heterocycles. The molecule has 16 heteroatoms. The Bertz CT molecular complexity index is 2070. The Morgan fingerprint density at radius 3 is 2.41 bits per heavy atom. The standard InChI is InChI=1S/C43H58ClN5O9S/c1-25(2)56-31-15-13-28(14-16-31)33-20-30(44)21-35(45-33)57-32-22-34-37(50)47-43(39(52)48-59(54,55)42(8)17-18-42)23-29(43)12-10-9-11-26(3)19-27(4)36(38(51)49(34)24-32)46-40(53)58-41(5,6)7/h10,12-16,20-21,25-27,29,32,34,36H,9,11,17-19,22-24H2,1-8H3,(H,46,53)(H,47,50)(H,48,52)/b12-10-/t26-,27-,29-,32-,34+,36+,43-/m1/s1. The van der Waals surface area contributed by atoms with E-state index in [9.17, 15) is 27.6 Å². The molecule has 3 fully saturated rings. The summed E-state index contributed by atoms with van der Waals surface area (Å²) in [5, 5.41) is 6.06. The topological polar surface area (TPSA) is 182 Å². The van der Waals surface area contributed by atoms with E-state index in [1.54, 1.807) is 39.8 Å². The van der Waals surface area contributed by atoms with E-state index in [1.807, 2.05) is 57.2 Å². The number of pyridine rings is 1. The van der Waals surface area contributed by atoms with Crippen molar-refractivity contribution in [1.29, 1.82) is 0 Å². The summed E-state index contributed by atoms with van der Waals surface area (Å²) in [6.45, 7) is 14.5. The maximum absolute atomic E-state index is 14.8. The van der Waals surface area contributed by atoms with E-state index in [0.29, 0.717) is 42.1 Å². The van der Waals surface area contributed by atoms with Gasteiger partial charge in [0.1, 0.15) is 35.1 Å². The molecule has 6 rings (SSSR count). The lowest BCUT2D eigenvalue weighted by Crippen LogP contribution is -2.59. The maximum Gasteiger partial charge on any atom is 0.408 e. The molecular formula is C43H58ClN5O9S. The number of nitrogens with one attached hydrogen (secondary N) is 3. The van der Waals surface area contributed by atoms with E-state index in [2.05, 4.69) is 22.3 Å². The van der Waals surface area contributed by atoms with Gasteiger partial charge in [-0.3, -0.25) is 19.1 Å². The molecule has 4 amide bonds. The van der Waals surface area contributed by atoms with Crippen molar-refractivity contribution in [2.24, 2.45) is 17.8 Å². The van der Waals surface area contributed by atoms with E-state index >= 15 is 0 Å². The van der Waals surface area contributed by atoms with Crippen molar-refractivity contribution in [2.45, 2.75) is 141 Å². The van der Waals surface area contributed by atoms with E-state index in [0.717, 1.165) is 12.0 Å². The summed E-state index contributed by atoms with van der Waals surface area (Å²) in [4.78, 5) is 62.7. The molecule has 59 heavy (non-hydrogen) atoms. The van der Waals surface area contributed by atoms with Crippen molar-refractivity contribution < 1.29 is 41.8 Å². The fraction of sp³-hybridized carbons (Fsp3) is 0.605. The molecule has 0 bridgehead atoms. The molecule has 0 unspecified atom stereocenters. The van der Waals surface area contributed by atoms with Gasteiger partial charge in [0.15, 0.2) is 0 Å². The summed E-state index contributed by atoms with van der Waals surface area (Å²) in [7, 11) is -4.01. The number of rotatable bonds is 9. The van der Waals surface area contributed by atoms with Crippen molar-refractivity contribution in [2.75, 3.05) is 6.54 Å². The largest absolute Gasteiger partial charge is 0.491 e. The number of halogens is 1. The first-order valence-corrected chi connectivity index (χ1v) is 22.4. The Morgan fingerprint density at radius 2 is 1.76 bits per heavy atom. The van der Waals surface area contributed by atoms with E-state index in [-0.39, 0.29) is 43.2 Å². The van der Waals surface area contributed by atoms with Crippen LogP contribution in [0.2, 0.25) is 5.02 Å². The predicted octanol–water partition coefficient (Wildman–Crippen LogP) is 6.32. The molecule has 2 saturated carbocycles. The van der Waals surface area contributed by atoms with Crippen LogP contribution in [0.4, 0.5) is 4.79 Å². The zero-order chi connectivity index (χ0) is 43.1. The fourth-order valence-corrected chi connectivity index (χ4v) is 9.37. The number of aromatic nitrogens is 1. The highest BCUT2D eigenvalue weighted by Crippen LogP contribution is 2.47. The highest BCUT2D eigenvalue weighted by Gasteiger charge is 2.63. The Kier molecular flexibility index (Phi) is 12.7. The number of alkyl carbamates (subject to hydrolysis) is 1. The minimum atomic E-state index is -4.01. The predicted molar refractivity (Wildman–Crippen MR) is 223 cm³/mol. The summed E-state index contributed by atoms with van der Waals surface area (Å²) in [5.74, 6) is -1.80. The number of allylic oxidation sites excluding steroid dienone is 1. The van der Waals surface area contributed by atoms with Gasteiger partial charge in [0.25, 0.3) is 5.91 Å². The second kappa shape index (κ2) is 16.9. The third kappa shape index (κ3) is 10.5. The van der Waals surface area contributed by atoms with Crippen LogP contribution in [0.3, 0.4) is 0 Å². The van der Waals surface area contributed by atoms with Crippen LogP contribution in [0, 0.1) is 17.8 Å². The van der Waals surface area contributed by atoms with Crippen molar-refractivity contribution >= 4 is 45.4 Å². The zero-order valence-corrected chi connectivity index (χ0v) is 36.7. The first-order chi connectivity index (χ1) is 27.6. The summed E-state index contributed by atoms with van der Waals surface area (Å²) >= 11 is 6.58. The first kappa shape index (κ1) is 44.2. The van der Waals surface area contributed by atoms with Crippen LogP contribution in [0.15, 0.2) is 48.6 Å². The molecule has 3 N–H and O–H groups in total. The molecule has 7 atom stereocenters. The van der Waals surface area contributed by atoms with Crippen LogP contribution < -0.4 is 24.8 Å². The summed E-state index contributed by atoms with van der Waals surface area (Å²) in [5.41, 5.74) is -1.09. The summed E-state index contributed by atoms with van der Waals surface area (Å²) in [6.07, 6.45) is 5.33. The van der Waals surface area contributed by atoms with Crippen LogP contribution in [0.5, 0.6) is 11.6 Å². The summed E-state index contributed by atoms with van der Waals surface area (Å²) < 4.78 is 45.4. The van der Waals surface area contributed by atoms with Crippen LogP contribution in [-0.4, -0.2) is 88.8 Å². The highest BCUT2D eigenvalue weighted by molar-refractivity contribution is 7.91. The van der Waals surface area contributed by atoms with E-state index in [4.69, 9.17) is 30.8 Å². The molecule has 0 spiro atoms. The fourth-order valence-electron chi connectivity index (χ4n) is 7.86. The van der Waals surface area contributed by atoms with E-state index in [1.165, 1.54) is 4.90 Å². The molecule has 2 aliphatic heterocycles. The van der Waals surface area contributed by atoms with Gasteiger partial charge in [-0.15, -0.1) is 0 Å². The molecule has 1 aromatic heterocycles. The lowest BCUT2D eigenvalue weighted by atomic mass is 9.88. The third-order valence-corrected chi connectivity index (χ3v) is 13.9. The number of carbonyl (C=O) groups is 4. The summed E-state index contributed by atoms with van der Waals surface area (Å²) in [6, 6.07) is 8.41. The molecule has 2 aliphatic carbocycles. The third-order valence-electron chi connectivity index (χ3n) is 11.5. The quantitative estimate of drug-likeness (QED) is 0.242. The van der Waals surface area contributed by atoms with Gasteiger partial charge in [0.05, 0.1) is 23.1 Å². The molecule has 14 nitrogen and oxygen atoms in total. The lowest BCUT2D eigenvalue weighted by Gasteiger charge is -2.33. The van der Waals surface area contributed by atoms with Crippen LogP contribution in [-0.2, 0) is 29.1 Å². The second-order valence-corrected chi connectivity index (χ2v) is 20.9. The Labute approximate surface area is 352 Å². The smallest absolute Gasteiger partial charge is 0.408 e. The van der Waals surface area contributed by atoms with Gasteiger partial charge in [-0.1, -0.05) is 37.6 Å². The lowest BCUT2D eigenvalue weighted by molar-refractivity contribution is -0.142. The number of sulfonamides is 1. The minimum absolute atomic E-state index is 0.000847. The Balaban J connectivity index is 1.32. The Morgan fingerprint density at radius 1 is 1.07 bits per heavy atom. The number of benzene rings is 1. The number of amides is 4. The van der Waals surface area contributed by atoms with Gasteiger partial charge < -0.3 is 29.7 Å². The van der Waals surface area contributed by atoms with Crippen molar-refractivity contribution in [3.63, 3.8) is 0 Å². The Hall–Kier alpha value is -4.37. The highest BCUT2D eigenvalue weighted by atomic mass is 35.5. The van der Waals surface area contributed by atoms with Gasteiger partial charge in [-0.25, -0.2) is 18.2 Å². The zero-order valence-electron chi connectivity index (χ0n) is 35.2. The molecule has 322 valence electrons. The number of ether oxygens (including phenoxy) is 3. The number of nitrogens with zero attached hydrogens (tertiary/aromatic N) is 2. The number of hydrogen-bond acceptors (Lipinski definition) is 10. The monoisotopic (exact) mass is 855 g/mol. The average Bonchev–Trinajstić information content (AvgIpc) is 4.01. The normalized spacial score (nSPS) is 28.8. The molecular weight excluding hydrogens is 798 g/mol. The molecule has 3 heterocycles. The molecule has 4 aliphatic rings. The van der Waals surface area contributed by atoms with Gasteiger partial charge in [0.2, 0.25) is 27.7 Å². The van der Waals surface area contributed by atoms with Crippen molar-refractivity contribution in [3.05, 3.63) is 53.6 Å². The van der Waals surface area contributed by atoms with Crippen LogP contribution in [0.1, 0.15) is 100 Å². The van der Waals surface area contributed by atoms with Crippen LogP contribution in [0.25, 0.3) is 11.3 Å².